The predicted octanol–water partition coefficient (Wildman–Crippen LogP) is 2.12. The third-order valence-corrected chi connectivity index (χ3v) is 3.31. The predicted molar refractivity (Wildman–Crippen MR) is 76.4 cm³/mol. The van der Waals surface area contributed by atoms with Gasteiger partial charge in [0.05, 0.1) is 12.2 Å². The van der Waals surface area contributed by atoms with Crippen molar-refractivity contribution >= 4 is 5.91 Å². The Morgan fingerprint density at radius 2 is 2.29 bits per heavy atom. The summed E-state index contributed by atoms with van der Waals surface area (Å²) in [5, 5.41) is 0. The zero-order valence-corrected chi connectivity index (χ0v) is 12.6. The summed E-state index contributed by atoms with van der Waals surface area (Å²) >= 11 is 0. The van der Waals surface area contributed by atoms with Crippen LogP contribution in [0.15, 0.2) is 18.0 Å². The summed E-state index contributed by atoms with van der Waals surface area (Å²) in [6.45, 7) is 6.65. The fraction of sp³-hybridized carbons (Fsp3) is 0.533. The van der Waals surface area contributed by atoms with Crippen LogP contribution in [0.25, 0.3) is 0 Å². The highest BCUT2D eigenvalue weighted by atomic mass is 19.1. The number of aromatic nitrogens is 2. The van der Waals surface area contributed by atoms with Crippen molar-refractivity contribution in [1.29, 1.82) is 0 Å². The van der Waals surface area contributed by atoms with Crippen molar-refractivity contribution in [2.24, 2.45) is 0 Å². The van der Waals surface area contributed by atoms with Crippen LogP contribution in [0, 0.1) is 5.82 Å². The molecule has 1 aromatic rings. The summed E-state index contributed by atoms with van der Waals surface area (Å²) in [4.78, 5) is 21.3. The second-order valence-electron chi connectivity index (χ2n) is 5.33. The largest absolute Gasteiger partial charge is 0.470 e. The lowest BCUT2D eigenvalue weighted by atomic mass is 10.3. The molecule has 1 aromatic heterocycles. The van der Waals surface area contributed by atoms with Crippen LogP contribution in [0.3, 0.4) is 0 Å². The number of hydrogen-bond acceptors (Lipinski definition) is 4. The number of amides is 1. The molecule has 2 rings (SSSR count). The Bertz CT molecular complexity index is 556. The molecule has 1 atom stereocenters. The maximum atomic E-state index is 14.0. The van der Waals surface area contributed by atoms with Crippen LogP contribution in [-0.4, -0.2) is 40.0 Å². The summed E-state index contributed by atoms with van der Waals surface area (Å²) in [6, 6.07) is 0. The van der Waals surface area contributed by atoms with Gasteiger partial charge >= 0.3 is 0 Å². The van der Waals surface area contributed by atoms with E-state index in [2.05, 4.69) is 9.97 Å². The van der Waals surface area contributed by atoms with Crippen molar-refractivity contribution in [3.05, 3.63) is 29.5 Å². The van der Waals surface area contributed by atoms with E-state index in [4.69, 9.17) is 4.74 Å². The molecule has 0 saturated carbocycles. The summed E-state index contributed by atoms with van der Waals surface area (Å²) in [6.07, 6.45) is 3.84. The van der Waals surface area contributed by atoms with Crippen LogP contribution in [0.1, 0.15) is 32.9 Å². The minimum atomic E-state index is -0.505. The first-order valence-corrected chi connectivity index (χ1v) is 7.11. The molecule has 1 unspecified atom stereocenters. The smallest absolute Gasteiger partial charge is 0.254 e. The van der Waals surface area contributed by atoms with E-state index in [1.165, 1.54) is 6.33 Å². The lowest BCUT2D eigenvalue weighted by molar-refractivity contribution is -0.125. The van der Waals surface area contributed by atoms with E-state index in [1.54, 1.807) is 11.0 Å². The molecule has 1 saturated heterocycles. The second kappa shape index (κ2) is 6.65. The van der Waals surface area contributed by atoms with Gasteiger partial charge in [0.25, 0.3) is 5.88 Å². The number of nitrogens with zero attached hydrogens (tertiary/aromatic N) is 3. The summed E-state index contributed by atoms with van der Waals surface area (Å²) in [5.41, 5.74) is 1.30. The third kappa shape index (κ3) is 3.77. The summed E-state index contributed by atoms with van der Waals surface area (Å²) < 4.78 is 19.6. The number of rotatable bonds is 4. The Kier molecular flexibility index (Phi) is 4.88. The molecule has 1 aliphatic heterocycles. The number of aryl methyl sites for hydroxylation is 1. The molecule has 0 aliphatic carbocycles. The van der Waals surface area contributed by atoms with Crippen molar-refractivity contribution in [3.63, 3.8) is 0 Å². The number of likely N-dealkylation sites (tertiary alicyclic amines) is 1. The highest BCUT2D eigenvalue weighted by Gasteiger charge is 2.28. The lowest BCUT2D eigenvalue weighted by Gasteiger charge is -2.16. The van der Waals surface area contributed by atoms with E-state index in [-0.39, 0.29) is 17.9 Å². The quantitative estimate of drug-likeness (QED) is 0.798. The van der Waals surface area contributed by atoms with E-state index in [1.807, 2.05) is 20.8 Å². The van der Waals surface area contributed by atoms with Crippen molar-refractivity contribution in [2.75, 3.05) is 13.1 Å². The average molecular weight is 293 g/mol. The maximum absolute atomic E-state index is 14.0. The van der Waals surface area contributed by atoms with Crippen LogP contribution in [0.2, 0.25) is 0 Å². The first-order valence-electron chi connectivity index (χ1n) is 7.11. The van der Waals surface area contributed by atoms with Crippen LogP contribution >= 0.6 is 0 Å². The van der Waals surface area contributed by atoms with Crippen LogP contribution in [0.5, 0.6) is 5.88 Å². The lowest BCUT2D eigenvalue weighted by Crippen LogP contribution is -2.30. The molecule has 0 radical (unpaired) electrons. The normalized spacial score (nSPS) is 17.7. The molecular formula is C15H20FN3O2. The van der Waals surface area contributed by atoms with E-state index in [0.29, 0.717) is 31.6 Å². The molecule has 1 amide bonds. The van der Waals surface area contributed by atoms with Gasteiger partial charge in [0.2, 0.25) is 11.7 Å². The van der Waals surface area contributed by atoms with Crippen molar-refractivity contribution in [3.8, 4) is 5.88 Å². The minimum absolute atomic E-state index is 0.0247. The van der Waals surface area contributed by atoms with Gasteiger partial charge in [0.1, 0.15) is 12.4 Å². The standard InChI is InChI=1S/C15H20FN3O2/c1-4-12-14(16)15(18-9-17-12)21-11-5-6-19(8-11)13(20)7-10(2)3/h7,9,11H,4-6,8H2,1-3H3. The van der Waals surface area contributed by atoms with E-state index < -0.39 is 5.82 Å². The van der Waals surface area contributed by atoms with Crippen LogP contribution < -0.4 is 4.74 Å². The Hall–Kier alpha value is -1.98. The number of carbonyl (C=O) groups is 1. The van der Waals surface area contributed by atoms with Gasteiger partial charge in [-0.3, -0.25) is 4.79 Å². The Morgan fingerprint density at radius 3 is 2.95 bits per heavy atom. The van der Waals surface area contributed by atoms with Gasteiger partial charge in [-0.15, -0.1) is 0 Å². The fourth-order valence-electron chi connectivity index (χ4n) is 2.24. The molecule has 1 aliphatic rings. The number of ether oxygens (including phenoxy) is 1. The van der Waals surface area contributed by atoms with Crippen molar-refractivity contribution < 1.29 is 13.9 Å². The monoisotopic (exact) mass is 293 g/mol. The molecule has 114 valence electrons. The van der Waals surface area contributed by atoms with Gasteiger partial charge in [0, 0.05) is 19.0 Å². The maximum Gasteiger partial charge on any atom is 0.254 e. The van der Waals surface area contributed by atoms with Gasteiger partial charge in [-0.1, -0.05) is 12.5 Å². The zero-order valence-electron chi connectivity index (χ0n) is 12.6. The first kappa shape index (κ1) is 15.4. The molecular weight excluding hydrogens is 273 g/mol. The average Bonchev–Trinajstić information content (AvgIpc) is 2.89. The highest BCUT2D eigenvalue weighted by molar-refractivity contribution is 5.88. The van der Waals surface area contributed by atoms with E-state index in [9.17, 15) is 9.18 Å². The van der Waals surface area contributed by atoms with Gasteiger partial charge in [-0.2, -0.15) is 9.37 Å². The van der Waals surface area contributed by atoms with Gasteiger partial charge < -0.3 is 9.64 Å². The molecule has 5 nitrogen and oxygen atoms in total. The third-order valence-electron chi connectivity index (χ3n) is 3.31. The van der Waals surface area contributed by atoms with Crippen molar-refractivity contribution in [2.45, 2.75) is 39.7 Å². The summed E-state index contributed by atoms with van der Waals surface area (Å²) in [5.74, 6) is -0.559. The molecule has 1 fully saturated rings. The van der Waals surface area contributed by atoms with Crippen LogP contribution in [0.4, 0.5) is 4.39 Å². The highest BCUT2D eigenvalue weighted by Crippen LogP contribution is 2.21. The van der Waals surface area contributed by atoms with Gasteiger partial charge in [-0.05, 0) is 20.3 Å². The number of hydrogen-bond donors (Lipinski definition) is 0. The zero-order chi connectivity index (χ0) is 15.4. The number of allylic oxidation sites excluding steroid dienone is 1. The molecule has 0 aromatic carbocycles. The molecule has 0 bridgehead atoms. The Morgan fingerprint density at radius 1 is 1.52 bits per heavy atom. The summed E-state index contributed by atoms with van der Waals surface area (Å²) in [7, 11) is 0. The molecule has 0 N–H and O–H groups in total. The number of halogens is 1. The van der Waals surface area contributed by atoms with E-state index in [0.717, 1.165) is 5.57 Å². The number of carbonyl (C=O) groups excluding carboxylic acids is 1. The fourth-order valence-corrected chi connectivity index (χ4v) is 2.24. The van der Waals surface area contributed by atoms with Gasteiger partial charge in [-0.25, -0.2) is 4.98 Å². The Balaban J connectivity index is 2.00. The van der Waals surface area contributed by atoms with E-state index >= 15 is 0 Å². The molecule has 0 spiro atoms. The van der Waals surface area contributed by atoms with Crippen molar-refractivity contribution in [1.82, 2.24) is 14.9 Å². The SMILES string of the molecule is CCc1ncnc(OC2CCN(C(=O)C=C(C)C)C2)c1F. The Labute approximate surface area is 123 Å². The molecule has 21 heavy (non-hydrogen) atoms. The first-order chi connectivity index (χ1) is 10.0. The van der Waals surface area contributed by atoms with Crippen LogP contribution in [-0.2, 0) is 11.2 Å². The molecule has 2 heterocycles. The molecule has 6 heteroatoms. The second-order valence-corrected chi connectivity index (χ2v) is 5.33. The topological polar surface area (TPSA) is 55.3 Å². The van der Waals surface area contributed by atoms with Gasteiger partial charge in [0.15, 0.2) is 0 Å². The minimum Gasteiger partial charge on any atom is -0.470 e.